The van der Waals surface area contributed by atoms with Crippen LogP contribution in [-0.4, -0.2) is 37.5 Å². The van der Waals surface area contributed by atoms with E-state index < -0.39 is 23.3 Å². The molecule has 0 heterocycles. The van der Waals surface area contributed by atoms with Gasteiger partial charge in [0.05, 0.1) is 19.8 Å². The summed E-state index contributed by atoms with van der Waals surface area (Å²) in [5.74, 6) is -3.08. The summed E-state index contributed by atoms with van der Waals surface area (Å²) in [6.45, 7) is 5.23. The summed E-state index contributed by atoms with van der Waals surface area (Å²) in [6.07, 6.45) is 0.914. The van der Waals surface area contributed by atoms with Gasteiger partial charge >= 0.3 is 11.9 Å². The SMILES string of the molecule is CCOC=C(C(=O)OCC)C(=O)C(=O)OCC. The maximum absolute atomic E-state index is 11.5. The van der Waals surface area contributed by atoms with Gasteiger partial charge in [-0.3, -0.25) is 4.79 Å². The lowest BCUT2D eigenvalue weighted by atomic mass is 10.2. The van der Waals surface area contributed by atoms with Crippen LogP contribution in [0.4, 0.5) is 0 Å². The molecule has 0 amide bonds. The van der Waals surface area contributed by atoms with Gasteiger partial charge in [-0.1, -0.05) is 0 Å². The van der Waals surface area contributed by atoms with E-state index in [2.05, 4.69) is 9.47 Å². The molecule has 17 heavy (non-hydrogen) atoms. The normalized spacial score (nSPS) is 10.6. The summed E-state index contributed by atoms with van der Waals surface area (Å²) in [4.78, 5) is 34.1. The minimum atomic E-state index is -1.11. The Morgan fingerprint density at radius 3 is 1.88 bits per heavy atom. The topological polar surface area (TPSA) is 78.9 Å². The van der Waals surface area contributed by atoms with Crippen LogP contribution in [0.1, 0.15) is 20.8 Å². The molecule has 0 aliphatic rings. The predicted octanol–water partition coefficient (Wildman–Crippen LogP) is 0.602. The molecule has 0 saturated heterocycles. The van der Waals surface area contributed by atoms with E-state index in [0.29, 0.717) is 0 Å². The Balaban J connectivity index is 4.86. The van der Waals surface area contributed by atoms with Crippen molar-refractivity contribution in [2.24, 2.45) is 0 Å². The molecule has 0 unspecified atom stereocenters. The van der Waals surface area contributed by atoms with Crippen molar-refractivity contribution in [3.05, 3.63) is 11.8 Å². The molecule has 0 aromatic carbocycles. The van der Waals surface area contributed by atoms with Crippen LogP contribution in [-0.2, 0) is 28.6 Å². The van der Waals surface area contributed by atoms with E-state index in [0.717, 1.165) is 6.26 Å². The van der Waals surface area contributed by atoms with E-state index in [4.69, 9.17) is 4.74 Å². The van der Waals surface area contributed by atoms with E-state index in [-0.39, 0.29) is 19.8 Å². The molecule has 0 aromatic heterocycles. The first-order chi connectivity index (χ1) is 8.08. The number of hydrogen-bond donors (Lipinski definition) is 0. The minimum absolute atomic E-state index is 0.0509. The van der Waals surface area contributed by atoms with Crippen LogP contribution < -0.4 is 0 Å². The van der Waals surface area contributed by atoms with E-state index >= 15 is 0 Å². The second-order valence-corrected chi connectivity index (χ2v) is 2.76. The van der Waals surface area contributed by atoms with Gasteiger partial charge < -0.3 is 14.2 Å². The molecule has 6 heteroatoms. The first kappa shape index (κ1) is 15.2. The monoisotopic (exact) mass is 244 g/mol. The fourth-order valence-electron chi connectivity index (χ4n) is 0.876. The van der Waals surface area contributed by atoms with Gasteiger partial charge in [0.1, 0.15) is 11.8 Å². The summed E-state index contributed by atoms with van der Waals surface area (Å²) < 4.78 is 14.0. The highest BCUT2D eigenvalue weighted by Crippen LogP contribution is 2.03. The number of rotatable bonds is 7. The molecule has 0 N–H and O–H groups in total. The van der Waals surface area contributed by atoms with Crippen LogP contribution in [0.25, 0.3) is 0 Å². The molecular formula is C11H16O6. The molecule has 0 fully saturated rings. The minimum Gasteiger partial charge on any atom is -0.500 e. The fourth-order valence-corrected chi connectivity index (χ4v) is 0.876. The Kier molecular flexibility index (Phi) is 7.41. The third kappa shape index (κ3) is 5.14. The van der Waals surface area contributed by atoms with Gasteiger partial charge in [-0.2, -0.15) is 0 Å². The Morgan fingerprint density at radius 2 is 1.41 bits per heavy atom. The third-order valence-electron chi connectivity index (χ3n) is 1.57. The van der Waals surface area contributed by atoms with Crippen molar-refractivity contribution in [1.82, 2.24) is 0 Å². The molecule has 0 bridgehead atoms. The highest BCUT2D eigenvalue weighted by molar-refractivity contribution is 6.46. The van der Waals surface area contributed by atoms with Crippen LogP contribution in [0, 0.1) is 0 Å². The lowest BCUT2D eigenvalue weighted by molar-refractivity contribution is -0.154. The quantitative estimate of drug-likeness (QED) is 0.163. The number of Topliss-reactive ketones (excluding diaryl/α,β-unsaturated/α-hetero) is 1. The van der Waals surface area contributed by atoms with Gasteiger partial charge in [0.15, 0.2) is 0 Å². The summed E-state index contributed by atoms with van der Waals surface area (Å²) in [5, 5.41) is 0. The predicted molar refractivity (Wildman–Crippen MR) is 58.0 cm³/mol. The van der Waals surface area contributed by atoms with E-state index in [1.54, 1.807) is 20.8 Å². The molecule has 0 spiro atoms. The van der Waals surface area contributed by atoms with Gasteiger partial charge in [0.2, 0.25) is 0 Å². The summed E-state index contributed by atoms with van der Waals surface area (Å²) in [6, 6.07) is 0. The number of esters is 2. The van der Waals surface area contributed by atoms with Crippen molar-refractivity contribution in [3.8, 4) is 0 Å². The zero-order valence-corrected chi connectivity index (χ0v) is 10.1. The number of ketones is 1. The summed E-state index contributed by atoms with van der Waals surface area (Å²) in [7, 11) is 0. The molecule has 6 nitrogen and oxygen atoms in total. The Hall–Kier alpha value is -1.85. The number of carbonyl (C=O) groups is 3. The molecule has 0 atom stereocenters. The Labute approximate surface area is 99.5 Å². The molecule has 0 rings (SSSR count). The first-order valence-corrected chi connectivity index (χ1v) is 5.28. The molecule has 0 aromatic rings. The zero-order valence-electron chi connectivity index (χ0n) is 10.1. The second kappa shape index (κ2) is 8.32. The molecule has 0 saturated carbocycles. The van der Waals surface area contributed by atoms with Crippen LogP contribution in [0.3, 0.4) is 0 Å². The number of carbonyl (C=O) groups excluding carboxylic acids is 3. The zero-order chi connectivity index (χ0) is 13.3. The van der Waals surface area contributed by atoms with Crippen LogP contribution in [0.2, 0.25) is 0 Å². The molecule has 0 aliphatic heterocycles. The summed E-state index contributed by atoms with van der Waals surface area (Å²) in [5.41, 5.74) is -0.466. The van der Waals surface area contributed by atoms with Gasteiger partial charge in [0, 0.05) is 0 Å². The smallest absolute Gasteiger partial charge is 0.380 e. The van der Waals surface area contributed by atoms with Crippen molar-refractivity contribution in [1.29, 1.82) is 0 Å². The average Bonchev–Trinajstić information content (AvgIpc) is 2.30. The maximum atomic E-state index is 11.5. The Morgan fingerprint density at radius 1 is 0.882 bits per heavy atom. The Bertz CT molecular complexity index is 318. The first-order valence-electron chi connectivity index (χ1n) is 5.28. The molecule has 0 radical (unpaired) electrons. The molecule has 96 valence electrons. The van der Waals surface area contributed by atoms with E-state index in [9.17, 15) is 14.4 Å². The fraction of sp³-hybridized carbons (Fsp3) is 0.545. The van der Waals surface area contributed by atoms with Crippen molar-refractivity contribution in [3.63, 3.8) is 0 Å². The van der Waals surface area contributed by atoms with E-state index in [1.807, 2.05) is 0 Å². The largest absolute Gasteiger partial charge is 0.500 e. The highest BCUT2D eigenvalue weighted by Gasteiger charge is 2.27. The van der Waals surface area contributed by atoms with Crippen LogP contribution >= 0.6 is 0 Å². The van der Waals surface area contributed by atoms with Crippen molar-refractivity contribution in [2.45, 2.75) is 20.8 Å². The van der Waals surface area contributed by atoms with Crippen molar-refractivity contribution >= 4 is 17.7 Å². The summed E-state index contributed by atoms with van der Waals surface area (Å²) >= 11 is 0. The number of hydrogen-bond acceptors (Lipinski definition) is 6. The highest BCUT2D eigenvalue weighted by atomic mass is 16.5. The molecular weight excluding hydrogens is 228 g/mol. The lowest BCUT2D eigenvalue weighted by Gasteiger charge is -2.05. The van der Waals surface area contributed by atoms with Crippen molar-refractivity contribution < 1.29 is 28.6 Å². The lowest BCUT2D eigenvalue weighted by Crippen LogP contribution is -2.25. The van der Waals surface area contributed by atoms with Gasteiger partial charge in [-0.15, -0.1) is 0 Å². The van der Waals surface area contributed by atoms with Crippen molar-refractivity contribution in [2.75, 3.05) is 19.8 Å². The van der Waals surface area contributed by atoms with Gasteiger partial charge in [0.25, 0.3) is 5.78 Å². The van der Waals surface area contributed by atoms with E-state index in [1.165, 1.54) is 0 Å². The average molecular weight is 244 g/mol. The second-order valence-electron chi connectivity index (χ2n) is 2.76. The standard InChI is InChI=1S/C11H16O6/c1-4-15-7-8(10(13)16-5-2)9(12)11(14)17-6-3/h7H,4-6H2,1-3H3. The van der Waals surface area contributed by atoms with Crippen LogP contribution in [0.15, 0.2) is 11.8 Å². The number of ether oxygens (including phenoxy) is 3. The van der Waals surface area contributed by atoms with Gasteiger partial charge in [-0.05, 0) is 20.8 Å². The third-order valence-corrected chi connectivity index (χ3v) is 1.57. The van der Waals surface area contributed by atoms with Crippen LogP contribution in [0.5, 0.6) is 0 Å². The maximum Gasteiger partial charge on any atom is 0.380 e. The molecule has 0 aliphatic carbocycles. The van der Waals surface area contributed by atoms with Gasteiger partial charge in [-0.25, -0.2) is 9.59 Å².